The minimum atomic E-state index is -2.46. The van der Waals surface area contributed by atoms with Crippen LogP contribution in [0, 0.1) is 0 Å². The van der Waals surface area contributed by atoms with Gasteiger partial charge >= 0.3 is 6.94 Å². The van der Waals surface area contributed by atoms with Gasteiger partial charge in [-0.25, -0.2) is 0 Å². The average molecular weight is 239 g/mol. The number of hydrogen-bond donors (Lipinski definition) is 0. The van der Waals surface area contributed by atoms with Crippen LogP contribution in [0.5, 0.6) is 0 Å². The molecule has 1 fully saturated rings. The van der Waals surface area contributed by atoms with E-state index in [-0.39, 0.29) is 0 Å². The molecule has 1 aliphatic rings. The Morgan fingerprint density at radius 2 is 1.92 bits per heavy atom. The van der Waals surface area contributed by atoms with Gasteiger partial charge in [0.05, 0.1) is 0 Å². The third kappa shape index (κ3) is 4.50. The van der Waals surface area contributed by atoms with Crippen LogP contribution < -0.4 is 0 Å². The first-order valence-corrected chi connectivity index (χ1v) is 8.94. The monoisotopic (exact) mass is 238 g/mol. The molecule has 0 aromatic heterocycles. The summed E-state index contributed by atoms with van der Waals surface area (Å²) in [5, 5.41) is 0. The van der Waals surface area contributed by atoms with Crippen LogP contribution in [-0.4, -0.2) is 13.0 Å². The third-order valence-corrected chi connectivity index (χ3v) is 5.18. The fourth-order valence-electron chi connectivity index (χ4n) is 1.64. The minimum Gasteiger partial charge on any atom is -0.389 e. The van der Waals surface area contributed by atoms with Crippen molar-refractivity contribution in [2.24, 2.45) is 0 Å². The van der Waals surface area contributed by atoms with Crippen LogP contribution in [0.3, 0.4) is 0 Å². The summed E-state index contributed by atoms with van der Waals surface area (Å²) < 4.78 is 5.72. The molecule has 0 aromatic rings. The van der Waals surface area contributed by atoms with Crippen molar-refractivity contribution in [3.8, 4) is 0 Å². The Morgan fingerprint density at radius 3 is 2.46 bits per heavy atom. The lowest BCUT2D eigenvalue weighted by Gasteiger charge is -2.27. The van der Waals surface area contributed by atoms with Crippen molar-refractivity contribution < 1.29 is 4.43 Å². The molecule has 0 amide bonds. The van der Waals surface area contributed by atoms with Crippen molar-refractivity contribution in [2.75, 3.05) is 0 Å². The Morgan fingerprint density at radius 1 is 1.31 bits per heavy atom. The van der Waals surface area contributed by atoms with E-state index in [1.165, 1.54) is 19.3 Å². The zero-order chi connectivity index (χ0) is 9.73. The van der Waals surface area contributed by atoms with Gasteiger partial charge in [-0.3, -0.25) is 0 Å². The van der Waals surface area contributed by atoms with Gasteiger partial charge in [0.15, 0.2) is 0 Å². The van der Waals surface area contributed by atoms with Gasteiger partial charge in [0.2, 0.25) is 0 Å². The first-order valence-electron chi connectivity index (χ1n) is 4.80. The minimum absolute atomic E-state index is 0.301. The predicted molar refractivity (Wildman–Crippen MR) is 60.4 cm³/mol. The van der Waals surface area contributed by atoms with Gasteiger partial charge in [-0.2, -0.15) is 0 Å². The van der Waals surface area contributed by atoms with E-state index < -0.39 is 6.94 Å². The Bertz CT molecular complexity index is 167. The van der Waals surface area contributed by atoms with E-state index in [2.05, 4.69) is 6.58 Å². The molecule has 0 spiro atoms. The van der Waals surface area contributed by atoms with Gasteiger partial charge in [0.25, 0.3) is 0 Å². The maximum atomic E-state index is 6.08. The van der Waals surface area contributed by atoms with Crippen molar-refractivity contribution in [3.63, 3.8) is 0 Å². The van der Waals surface area contributed by atoms with Crippen molar-refractivity contribution in [2.45, 2.75) is 44.3 Å². The van der Waals surface area contributed by atoms with Crippen LogP contribution in [0.4, 0.5) is 0 Å². The first-order chi connectivity index (χ1) is 6.14. The molecule has 0 saturated heterocycles. The molecule has 13 heavy (non-hydrogen) atoms. The molecule has 0 aromatic carbocycles. The highest BCUT2D eigenvalue weighted by Gasteiger charge is 2.32. The van der Waals surface area contributed by atoms with Crippen molar-refractivity contribution in [3.05, 3.63) is 12.7 Å². The average Bonchev–Trinajstić information content (AvgIpc) is 2.04. The summed E-state index contributed by atoms with van der Waals surface area (Å²) in [4.78, 5) is 0. The lowest BCUT2D eigenvalue weighted by atomic mass is 9.98. The summed E-state index contributed by atoms with van der Waals surface area (Å²) in [6.45, 7) is 1.16. The number of rotatable bonds is 4. The van der Waals surface area contributed by atoms with Gasteiger partial charge in [-0.05, 0) is 12.8 Å². The fraction of sp³-hybridized carbons (Fsp3) is 0.778. The molecule has 0 heterocycles. The molecule has 0 N–H and O–H groups in total. The van der Waals surface area contributed by atoms with Crippen molar-refractivity contribution in [1.82, 2.24) is 0 Å². The van der Waals surface area contributed by atoms with Crippen LogP contribution in [0.25, 0.3) is 0 Å². The van der Waals surface area contributed by atoms with E-state index in [4.69, 9.17) is 26.6 Å². The van der Waals surface area contributed by atoms with Crippen LogP contribution >= 0.6 is 22.2 Å². The molecule has 4 heteroatoms. The third-order valence-electron chi connectivity index (χ3n) is 2.27. The van der Waals surface area contributed by atoms with Crippen molar-refractivity contribution in [1.29, 1.82) is 0 Å². The van der Waals surface area contributed by atoms with Gasteiger partial charge in [0, 0.05) is 12.1 Å². The molecule has 0 bridgehead atoms. The quantitative estimate of drug-likeness (QED) is 0.410. The Labute approximate surface area is 90.6 Å². The molecule has 0 radical (unpaired) electrons. The molecule has 1 saturated carbocycles. The molecule has 0 unspecified atom stereocenters. The zero-order valence-electron chi connectivity index (χ0n) is 7.77. The summed E-state index contributed by atoms with van der Waals surface area (Å²) in [5.41, 5.74) is 0. The second kappa shape index (κ2) is 5.40. The second-order valence-electron chi connectivity index (χ2n) is 3.51. The zero-order valence-corrected chi connectivity index (χ0v) is 10.3. The van der Waals surface area contributed by atoms with E-state index in [1.807, 2.05) is 0 Å². The summed E-state index contributed by atoms with van der Waals surface area (Å²) in [6.07, 6.45) is 8.09. The number of allylic oxidation sites excluding steroid dienone is 1. The maximum absolute atomic E-state index is 6.08. The van der Waals surface area contributed by atoms with Gasteiger partial charge < -0.3 is 4.43 Å². The number of hydrogen-bond acceptors (Lipinski definition) is 1. The number of halogens is 2. The highest BCUT2D eigenvalue weighted by atomic mass is 35.7. The van der Waals surface area contributed by atoms with E-state index in [0.717, 1.165) is 12.8 Å². The predicted octanol–water partition coefficient (Wildman–Crippen LogP) is 3.94. The van der Waals surface area contributed by atoms with Crippen molar-refractivity contribution >= 4 is 29.1 Å². The Hall–Kier alpha value is 0.497. The van der Waals surface area contributed by atoms with Gasteiger partial charge in [-0.15, -0.1) is 28.7 Å². The molecular formula is C9H16Cl2OSi. The normalized spacial score (nSPS) is 20.2. The van der Waals surface area contributed by atoms with Crippen LogP contribution in [0.15, 0.2) is 12.7 Å². The highest BCUT2D eigenvalue weighted by molar-refractivity contribution is 7.42. The molecule has 1 rings (SSSR count). The molecule has 1 nitrogen and oxygen atoms in total. The topological polar surface area (TPSA) is 9.23 Å². The van der Waals surface area contributed by atoms with E-state index in [9.17, 15) is 0 Å². The summed E-state index contributed by atoms with van der Waals surface area (Å²) in [7, 11) is 0. The van der Waals surface area contributed by atoms with Crippen LogP contribution in [0.2, 0.25) is 6.04 Å². The molecular weight excluding hydrogens is 223 g/mol. The van der Waals surface area contributed by atoms with Crippen LogP contribution in [0.1, 0.15) is 32.1 Å². The molecule has 0 atom stereocenters. The molecule has 76 valence electrons. The largest absolute Gasteiger partial charge is 0.393 e. The van der Waals surface area contributed by atoms with Gasteiger partial charge in [-0.1, -0.05) is 25.3 Å². The fourth-order valence-corrected chi connectivity index (χ4v) is 4.21. The first kappa shape index (κ1) is 11.6. The highest BCUT2D eigenvalue weighted by Crippen LogP contribution is 2.29. The van der Waals surface area contributed by atoms with E-state index >= 15 is 0 Å². The lowest BCUT2D eigenvalue weighted by molar-refractivity contribution is 0.156. The van der Waals surface area contributed by atoms with Crippen LogP contribution in [-0.2, 0) is 4.43 Å². The maximum Gasteiger partial charge on any atom is 0.393 e. The van der Waals surface area contributed by atoms with E-state index in [1.54, 1.807) is 6.08 Å². The lowest BCUT2D eigenvalue weighted by Crippen LogP contribution is -2.31. The van der Waals surface area contributed by atoms with E-state index in [0.29, 0.717) is 12.1 Å². The van der Waals surface area contributed by atoms with Gasteiger partial charge in [0.1, 0.15) is 0 Å². The second-order valence-corrected chi connectivity index (χ2v) is 9.67. The molecule has 1 aliphatic carbocycles. The smallest absolute Gasteiger partial charge is 0.389 e. The Balaban J connectivity index is 2.32. The SMILES string of the molecule is C=CC[Si](Cl)(Cl)OC1CCCCC1. The summed E-state index contributed by atoms with van der Waals surface area (Å²) >= 11 is 12.2. The standard InChI is InChI=1S/C9H16Cl2OSi/c1-2-8-13(10,11)12-9-6-4-3-5-7-9/h2,9H,1,3-8H2. The summed E-state index contributed by atoms with van der Waals surface area (Å²) in [5.74, 6) is 0. The molecule has 0 aliphatic heterocycles. The Kier molecular flexibility index (Phi) is 4.80. The summed E-state index contributed by atoms with van der Waals surface area (Å²) in [6, 6.07) is 0.618.